The first-order chi connectivity index (χ1) is 18.7. The Bertz CT molecular complexity index is 1690. The minimum absolute atomic E-state index is 0.00504. The molecule has 4 aromatic rings. The van der Waals surface area contributed by atoms with Crippen LogP contribution in [0.4, 0.5) is 16.2 Å². The Balaban J connectivity index is 1.34. The average molecular weight is 549 g/mol. The van der Waals surface area contributed by atoms with Crippen LogP contribution < -0.4 is 14.5 Å². The summed E-state index contributed by atoms with van der Waals surface area (Å²) in [5.41, 5.74) is 1.22. The second kappa shape index (κ2) is 8.25. The van der Waals surface area contributed by atoms with E-state index in [-0.39, 0.29) is 33.5 Å². The standard InChI is InChI=1S/C27H26ClFN8O2/c1-4-19(38)35-7-9-36(10-8-35)23-15-5-6-30-24(39-22-16-12-31-34-18(16)11-17(29)20(22)28)21(15)32-25(33-23)37-14-26(2)13-27(26,37)3/h4-6,11-12H,1,7-10,13-14H2,2-3H3,(H,31,34)/t26-,27-/m1/s1. The minimum atomic E-state index is -0.631. The second-order valence-electron chi connectivity index (χ2n) is 10.9. The number of aromatic nitrogens is 5. The van der Waals surface area contributed by atoms with Crippen molar-refractivity contribution in [3.05, 3.63) is 48.0 Å². The molecule has 2 aliphatic heterocycles. The van der Waals surface area contributed by atoms with E-state index >= 15 is 0 Å². The first-order valence-electron chi connectivity index (χ1n) is 12.8. The zero-order valence-electron chi connectivity index (χ0n) is 21.5. The molecule has 1 aromatic carbocycles. The number of hydrogen-bond donors (Lipinski definition) is 1. The quantitative estimate of drug-likeness (QED) is 0.368. The number of nitrogens with zero attached hydrogens (tertiary/aromatic N) is 7. The molecule has 1 amide bonds. The zero-order chi connectivity index (χ0) is 27.1. The lowest BCUT2D eigenvalue weighted by Gasteiger charge is -2.44. The van der Waals surface area contributed by atoms with Gasteiger partial charge in [-0.15, -0.1) is 0 Å². The van der Waals surface area contributed by atoms with Crippen molar-refractivity contribution < 1.29 is 13.9 Å². The summed E-state index contributed by atoms with van der Waals surface area (Å²) in [7, 11) is 0. The second-order valence-corrected chi connectivity index (χ2v) is 11.3. The third kappa shape index (κ3) is 3.48. The Morgan fingerprint density at radius 3 is 2.72 bits per heavy atom. The molecule has 10 nitrogen and oxygen atoms in total. The molecule has 1 N–H and O–H groups in total. The molecule has 0 spiro atoms. The Labute approximate surface area is 228 Å². The highest BCUT2D eigenvalue weighted by Crippen LogP contribution is 2.68. The number of anilines is 2. The van der Waals surface area contributed by atoms with Crippen LogP contribution in [0.5, 0.6) is 11.6 Å². The summed E-state index contributed by atoms with van der Waals surface area (Å²) in [4.78, 5) is 32.8. The number of carbonyl (C=O) groups is 1. The summed E-state index contributed by atoms with van der Waals surface area (Å²) in [6.07, 6.45) is 5.57. The van der Waals surface area contributed by atoms with Gasteiger partial charge in [0.2, 0.25) is 17.7 Å². The highest BCUT2D eigenvalue weighted by molar-refractivity contribution is 6.33. The maximum Gasteiger partial charge on any atom is 0.246 e. The lowest BCUT2D eigenvalue weighted by Crippen LogP contribution is -2.54. The van der Waals surface area contributed by atoms with E-state index in [1.54, 1.807) is 11.1 Å². The Kier molecular flexibility index (Phi) is 5.10. The van der Waals surface area contributed by atoms with E-state index in [1.807, 2.05) is 6.07 Å². The Hall–Kier alpha value is -3.99. The smallest absolute Gasteiger partial charge is 0.246 e. The highest BCUT2D eigenvalue weighted by Gasteiger charge is 2.74. The molecular weight excluding hydrogens is 523 g/mol. The van der Waals surface area contributed by atoms with Crippen molar-refractivity contribution in [2.75, 3.05) is 42.5 Å². The Morgan fingerprint density at radius 1 is 1.23 bits per heavy atom. The number of ether oxygens (including phenoxy) is 1. The van der Waals surface area contributed by atoms with Gasteiger partial charge < -0.3 is 19.4 Å². The molecule has 1 aliphatic carbocycles. The van der Waals surface area contributed by atoms with Gasteiger partial charge in [0.1, 0.15) is 22.2 Å². The molecule has 5 heterocycles. The minimum Gasteiger partial charge on any atom is -0.434 e. The van der Waals surface area contributed by atoms with Crippen LogP contribution in [0.15, 0.2) is 37.2 Å². The molecule has 0 unspecified atom stereocenters. The van der Waals surface area contributed by atoms with Gasteiger partial charge in [0.05, 0.1) is 22.5 Å². The van der Waals surface area contributed by atoms with E-state index < -0.39 is 5.82 Å². The van der Waals surface area contributed by atoms with Gasteiger partial charge in [0.15, 0.2) is 5.75 Å². The number of benzene rings is 1. The van der Waals surface area contributed by atoms with Crippen LogP contribution in [0.1, 0.15) is 20.3 Å². The van der Waals surface area contributed by atoms with Gasteiger partial charge in [-0.05, 0) is 25.5 Å². The lowest BCUT2D eigenvalue weighted by molar-refractivity contribution is -0.126. The number of nitrogens with one attached hydrogen (secondary N) is 1. The molecular formula is C27H26ClFN8O2. The number of fused-ring (bicyclic) bond motifs is 3. The molecule has 7 rings (SSSR count). The van der Waals surface area contributed by atoms with E-state index in [4.69, 9.17) is 26.3 Å². The van der Waals surface area contributed by atoms with Crippen LogP contribution in [0.2, 0.25) is 5.02 Å². The molecule has 39 heavy (non-hydrogen) atoms. The number of halogens is 2. The van der Waals surface area contributed by atoms with Gasteiger partial charge in [-0.3, -0.25) is 9.89 Å². The predicted molar refractivity (Wildman–Crippen MR) is 146 cm³/mol. The van der Waals surface area contributed by atoms with Gasteiger partial charge in [0, 0.05) is 55.9 Å². The maximum atomic E-state index is 14.6. The number of carbonyl (C=O) groups excluding carboxylic acids is 1. The van der Waals surface area contributed by atoms with Crippen molar-refractivity contribution in [1.82, 2.24) is 30.0 Å². The fourth-order valence-electron chi connectivity index (χ4n) is 5.99. The highest BCUT2D eigenvalue weighted by atomic mass is 35.5. The van der Waals surface area contributed by atoms with Gasteiger partial charge in [-0.1, -0.05) is 25.1 Å². The number of aromatic amines is 1. The normalized spacial score (nSPS) is 24.1. The van der Waals surface area contributed by atoms with Crippen molar-refractivity contribution in [3.8, 4) is 11.6 Å². The third-order valence-corrected chi connectivity index (χ3v) is 9.01. The van der Waals surface area contributed by atoms with Gasteiger partial charge in [-0.2, -0.15) is 10.1 Å². The summed E-state index contributed by atoms with van der Waals surface area (Å²) in [5.74, 6) is 0.928. The fourth-order valence-corrected chi connectivity index (χ4v) is 6.19. The van der Waals surface area contributed by atoms with Gasteiger partial charge >= 0.3 is 0 Å². The van der Waals surface area contributed by atoms with Crippen molar-refractivity contribution in [3.63, 3.8) is 0 Å². The fraction of sp³-hybridized carbons (Fsp3) is 0.370. The molecule has 2 saturated heterocycles. The van der Waals surface area contributed by atoms with Crippen LogP contribution in [0, 0.1) is 11.2 Å². The predicted octanol–water partition coefficient (Wildman–Crippen LogP) is 4.31. The van der Waals surface area contributed by atoms with Crippen LogP contribution in [-0.2, 0) is 4.79 Å². The van der Waals surface area contributed by atoms with E-state index in [2.05, 4.69) is 45.4 Å². The van der Waals surface area contributed by atoms with Crippen molar-refractivity contribution in [1.29, 1.82) is 0 Å². The van der Waals surface area contributed by atoms with E-state index in [0.29, 0.717) is 48.5 Å². The molecule has 200 valence electrons. The molecule has 3 fully saturated rings. The monoisotopic (exact) mass is 548 g/mol. The zero-order valence-corrected chi connectivity index (χ0v) is 22.3. The summed E-state index contributed by atoms with van der Waals surface area (Å²) in [6, 6.07) is 3.13. The summed E-state index contributed by atoms with van der Waals surface area (Å²) in [5, 5.41) is 7.87. The average Bonchev–Trinajstić information content (AvgIpc) is 3.23. The first-order valence-corrected chi connectivity index (χ1v) is 13.2. The van der Waals surface area contributed by atoms with E-state index in [9.17, 15) is 9.18 Å². The number of pyridine rings is 1. The van der Waals surface area contributed by atoms with Crippen LogP contribution in [0.3, 0.4) is 0 Å². The molecule has 0 radical (unpaired) electrons. The molecule has 12 heteroatoms. The first kappa shape index (κ1) is 24.1. The molecule has 3 aromatic heterocycles. The van der Waals surface area contributed by atoms with Crippen LogP contribution >= 0.6 is 11.6 Å². The van der Waals surface area contributed by atoms with Crippen molar-refractivity contribution >= 4 is 51.1 Å². The summed E-state index contributed by atoms with van der Waals surface area (Å²) < 4.78 is 20.8. The van der Waals surface area contributed by atoms with E-state index in [0.717, 1.165) is 24.2 Å². The number of H-pyrrole nitrogens is 1. The van der Waals surface area contributed by atoms with Gasteiger partial charge in [0.25, 0.3) is 0 Å². The number of hydrogen-bond acceptors (Lipinski definition) is 8. The van der Waals surface area contributed by atoms with Crippen molar-refractivity contribution in [2.24, 2.45) is 5.41 Å². The molecule has 2 atom stereocenters. The summed E-state index contributed by atoms with van der Waals surface area (Å²) >= 11 is 6.35. The van der Waals surface area contributed by atoms with Crippen molar-refractivity contribution in [2.45, 2.75) is 25.8 Å². The number of rotatable bonds is 5. The largest absolute Gasteiger partial charge is 0.434 e. The number of amides is 1. The van der Waals surface area contributed by atoms with Crippen LogP contribution in [-0.4, -0.2) is 74.2 Å². The lowest BCUT2D eigenvalue weighted by atomic mass is 9.92. The van der Waals surface area contributed by atoms with E-state index in [1.165, 1.54) is 18.3 Å². The molecule has 0 bridgehead atoms. The summed E-state index contributed by atoms with van der Waals surface area (Å²) in [6.45, 7) is 11.3. The van der Waals surface area contributed by atoms with Crippen LogP contribution in [0.25, 0.3) is 21.8 Å². The molecule has 1 saturated carbocycles. The topological polar surface area (TPSA) is 103 Å². The molecule has 3 aliphatic rings. The third-order valence-electron chi connectivity index (χ3n) is 8.66. The SMILES string of the molecule is C=CC(=O)N1CCN(c2nc(N3C[C@@]4(C)C[C@@]34C)nc3c(Oc4c(Cl)c(F)cc5[nH]ncc45)nccc23)CC1. The Morgan fingerprint density at radius 2 is 2.03 bits per heavy atom. The van der Waals surface area contributed by atoms with Gasteiger partial charge in [-0.25, -0.2) is 14.4 Å². The number of piperazine rings is 1. The maximum absolute atomic E-state index is 14.6.